The Morgan fingerprint density at radius 1 is 1.00 bits per heavy atom. The molecule has 0 spiro atoms. The average molecular weight is 370 g/mol. The van der Waals surface area contributed by atoms with Crippen LogP contribution >= 0.6 is 0 Å². The molecule has 0 atom stereocenters. The maximum absolute atomic E-state index is 13.6. The van der Waals surface area contributed by atoms with Gasteiger partial charge in [0.15, 0.2) is 0 Å². The van der Waals surface area contributed by atoms with Crippen molar-refractivity contribution in [2.24, 2.45) is 0 Å². The second kappa shape index (κ2) is 8.53. The molecule has 0 saturated carbocycles. The van der Waals surface area contributed by atoms with E-state index in [1.807, 2.05) is 24.3 Å². The van der Waals surface area contributed by atoms with Gasteiger partial charge >= 0.3 is 6.03 Å². The van der Waals surface area contributed by atoms with E-state index in [0.717, 1.165) is 11.4 Å². The van der Waals surface area contributed by atoms with Crippen LogP contribution in [0, 0.1) is 5.82 Å². The van der Waals surface area contributed by atoms with Gasteiger partial charge in [-0.3, -0.25) is 4.79 Å². The van der Waals surface area contributed by atoms with Crippen molar-refractivity contribution >= 4 is 23.3 Å². The molecule has 27 heavy (non-hydrogen) atoms. The lowest BCUT2D eigenvalue weighted by Gasteiger charge is -2.36. The zero-order valence-electron chi connectivity index (χ0n) is 15.2. The number of hydrogen-bond donors (Lipinski definition) is 2. The van der Waals surface area contributed by atoms with Gasteiger partial charge in [-0.25, -0.2) is 9.18 Å². The molecule has 2 aromatic rings. The minimum Gasteiger partial charge on any atom is -0.368 e. The molecule has 1 fully saturated rings. The Hall–Kier alpha value is -3.09. The third kappa shape index (κ3) is 4.97. The van der Waals surface area contributed by atoms with Gasteiger partial charge in [-0.05, 0) is 30.3 Å². The lowest BCUT2D eigenvalue weighted by atomic mass is 10.2. The van der Waals surface area contributed by atoms with Crippen LogP contribution in [0.1, 0.15) is 12.5 Å². The molecule has 0 radical (unpaired) electrons. The summed E-state index contributed by atoms with van der Waals surface area (Å²) in [6.45, 7) is 4.27. The fourth-order valence-electron chi connectivity index (χ4n) is 3.05. The molecule has 1 saturated heterocycles. The summed E-state index contributed by atoms with van der Waals surface area (Å²) in [7, 11) is 0. The Morgan fingerprint density at radius 2 is 1.67 bits per heavy atom. The molecule has 0 aromatic heterocycles. The topological polar surface area (TPSA) is 64.7 Å². The number of urea groups is 1. The fourth-order valence-corrected chi connectivity index (χ4v) is 3.05. The second-order valence-corrected chi connectivity index (χ2v) is 6.45. The Balaban J connectivity index is 1.48. The highest BCUT2D eigenvalue weighted by molar-refractivity contribution is 5.88. The van der Waals surface area contributed by atoms with Crippen molar-refractivity contribution in [1.29, 1.82) is 0 Å². The lowest BCUT2D eigenvalue weighted by Crippen LogP contribution is -2.51. The van der Waals surface area contributed by atoms with Crippen LogP contribution in [0.15, 0.2) is 48.5 Å². The summed E-state index contributed by atoms with van der Waals surface area (Å²) in [6, 6.07) is 13.9. The number of rotatable bonds is 4. The van der Waals surface area contributed by atoms with Gasteiger partial charge in [-0.15, -0.1) is 0 Å². The molecule has 142 valence electrons. The first-order valence-electron chi connectivity index (χ1n) is 8.92. The number of halogens is 1. The molecule has 3 rings (SSSR count). The Bertz CT molecular complexity index is 802. The van der Waals surface area contributed by atoms with E-state index >= 15 is 0 Å². The standard InChI is InChI=1S/C20H23FN4O2/c1-15(26)23-17-6-8-18(9-7-17)24-10-12-25(13-11-24)20(27)22-14-16-4-2-3-5-19(16)21/h2-9H,10-14H2,1H3,(H,22,27)(H,23,26). The maximum Gasteiger partial charge on any atom is 0.317 e. The van der Waals surface area contributed by atoms with Gasteiger partial charge in [0.2, 0.25) is 5.91 Å². The third-order valence-corrected chi connectivity index (χ3v) is 4.51. The van der Waals surface area contributed by atoms with Crippen LogP contribution < -0.4 is 15.5 Å². The Morgan fingerprint density at radius 3 is 2.30 bits per heavy atom. The number of amides is 3. The second-order valence-electron chi connectivity index (χ2n) is 6.45. The Kier molecular flexibility index (Phi) is 5.90. The first-order chi connectivity index (χ1) is 13.0. The summed E-state index contributed by atoms with van der Waals surface area (Å²) in [5.41, 5.74) is 2.29. The van der Waals surface area contributed by atoms with E-state index < -0.39 is 0 Å². The monoisotopic (exact) mass is 370 g/mol. The molecule has 0 bridgehead atoms. The van der Waals surface area contributed by atoms with Crippen molar-refractivity contribution in [3.63, 3.8) is 0 Å². The summed E-state index contributed by atoms with van der Waals surface area (Å²) in [4.78, 5) is 27.3. The molecule has 2 aromatic carbocycles. The van der Waals surface area contributed by atoms with Crippen LogP contribution in [-0.2, 0) is 11.3 Å². The van der Waals surface area contributed by atoms with E-state index in [2.05, 4.69) is 15.5 Å². The van der Waals surface area contributed by atoms with E-state index in [1.54, 1.807) is 23.1 Å². The molecule has 1 aliphatic rings. The van der Waals surface area contributed by atoms with E-state index in [1.165, 1.54) is 13.0 Å². The van der Waals surface area contributed by atoms with Crippen molar-refractivity contribution < 1.29 is 14.0 Å². The van der Waals surface area contributed by atoms with Crippen molar-refractivity contribution in [1.82, 2.24) is 10.2 Å². The number of piperazine rings is 1. The number of nitrogens with zero attached hydrogens (tertiary/aromatic N) is 2. The number of benzene rings is 2. The largest absolute Gasteiger partial charge is 0.368 e. The van der Waals surface area contributed by atoms with Gasteiger partial charge in [0.1, 0.15) is 5.82 Å². The SMILES string of the molecule is CC(=O)Nc1ccc(N2CCN(C(=O)NCc3ccccc3F)CC2)cc1. The highest BCUT2D eigenvalue weighted by Gasteiger charge is 2.21. The van der Waals surface area contributed by atoms with Crippen LogP contribution in [-0.4, -0.2) is 43.0 Å². The quantitative estimate of drug-likeness (QED) is 0.870. The minimum absolute atomic E-state index is 0.0993. The number of hydrogen-bond acceptors (Lipinski definition) is 3. The number of carbonyl (C=O) groups excluding carboxylic acids is 2. The minimum atomic E-state index is -0.315. The first kappa shape index (κ1) is 18.7. The number of anilines is 2. The molecule has 7 heteroatoms. The molecule has 1 heterocycles. The van der Waals surface area contributed by atoms with Gasteiger partial charge in [0.25, 0.3) is 0 Å². The predicted molar refractivity (Wildman–Crippen MR) is 103 cm³/mol. The molecule has 6 nitrogen and oxygen atoms in total. The van der Waals surface area contributed by atoms with E-state index in [0.29, 0.717) is 31.7 Å². The van der Waals surface area contributed by atoms with E-state index in [4.69, 9.17) is 0 Å². The highest BCUT2D eigenvalue weighted by atomic mass is 19.1. The molecule has 2 N–H and O–H groups in total. The van der Waals surface area contributed by atoms with Crippen LogP contribution in [0.4, 0.5) is 20.6 Å². The molecular formula is C20H23FN4O2. The van der Waals surface area contributed by atoms with Gasteiger partial charge < -0.3 is 20.4 Å². The first-order valence-corrected chi connectivity index (χ1v) is 8.92. The fraction of sp³-hybridized carbons (Fsp3) is 0.300. The average Bonchev–Trinajstić information content (AvgIpc) is 2.67. The van der Waals surface area contributed by atoms with E-state index in [-0.39, 0.29) is 24.3 Å². The summed E-state index contributed by atoms with van der Waals surface area (Å²) in [5, 5.41) is 5.52. The maximum atomic E-state index is 13.6. The zero-order chi connectivity index (χ0) is 19.2. The van der Waals surface area contributed by atoms with Crippen molar-refractivity contribution in [2.45, 2.75) is 13.5 Å². The molecule has 0 unspecified atom stereocenters. The highest BCUT2D eigenvalue weighted by Crippen LogP contribution is 2.19. The third-order valence-electron chi connectivity index (χ3n) is 4.51. The van der Waals surface area contributed by atoms with Crippen molar-refractivity contribution in [2.75, 3.05) is 36.4 Å². The summed E-state index contributed by atoms with van der Waals surface area (Å²) in [6.07, 6.45) is 0. The van der Waals surface area contributed by atoms with Crippen LogP contribution in [0.25, 0.3) is 0 Å². The number of carbonyl (C=O) groups is 2. The molecule has 1 aliphatic heterocycles. The summed E-state index contributed by atoms with van der Waals surface area (Å²) >= 11 is 0. The van der Waals surface area contributed by atoms with Crippen molar-refractivity contribution in [3.8, 4) is 0 Å². The van der Waals surface area contributed by atoms with Crippen LogP contribution in [0.3, 0.4) is 0 Å². The van der Waals surface area contributed by atoms with E-state index in [9.17, 15) is 14.0 Å². The van der Waals surface area contributed by atoms with Gasteiger partial charge in [-0.2, -0.15) is 0 Å². The lowest BCUT2D eigenvalue weighted by molar-refractivity contribution is -0.114. The Labute approximate surface area is 158 Å². The van der Waals surface area contributed by atoms with Crippen LogP contribution in [0.2, 0.25) is 0 Å². The predicted octanol–water partition coefficient (Wildman–Crippen LogP) is 2.82. The van der Waals surface area contributed by atoms with Gasteiger partial charge in [0.05, 0.1) is 0 Å². The normalized spacial score (nSPS) is 14.0. The van der Waals surface area contributed by atoms with Gasteiger partial charge in [0, 0.05) is 56.6 Å². The number of nitrogens with one attached hydrogen (secondary N) is 2. The smallest absolute Gasteiger partial charge is 0.317 e. The summed E-state index contributed by atoms with van der Waals surface area (Å²) in [5.74, 6) is -0.414. The molecular weight excluding hydrogens is 347 g/mol. The van der Waals surface area contributed by atoms with Gasteiger partial charge in [-0.1, -0.05) is 18.2 Å². The zero-order valence-corrected chi connectivity index (χ0v) is 15.2. The summed E-state index contributed by atoms with van der Waals surface area (Å²) < 4.78 is 13.6. The molecule has 0 aliphatic carbocycles. The van der Waals surface area contributed by atoms with Crippen LogP contribution in [0.5, 0.6) is 0 Å². The van der Waals surface area contributed by atoms with Crippen molar-refractivity contribution in [3.05, 3.63) is 59.9 Å². The molecule has 3 amide bonds.